The summed E-state index contributed by atoms with van der Waals surface area (Å²) in [5, 5.41) is 3.49. The number of likely N-dealkylation sites (tertiary alicyclic amines) is 1. The summed E-state index contributed by atoms with van der Waals surface area (Å²) < 4.78 is 2.45. The van der Waals surface area contributed by atoms with E-state index in [1.807, 2.05) is 12.3 Å². The van der Waals surface area contributed by atoms with E-state index in [9.17, 15) is 0 Å². The lowest BCUT2D eigenvalue weighted by Gasteiger charge is -2.31. The highest BCUT2D eigenvalue weighted by atomic mass is 15.2. The Morgan fingerprint density at radius 1 is 1.27 bits per heavy atom. The van der Waals surface area contributed by atoms with Crippen LogP contribution in [0.25, 0.3) is 11.2 Å². The number of imidazole rings is 1. The first kappa shape index (κ1) is 14.2. The first-order chi connectivity index (χ1) is 10.9. The molecule has 0 aromatic carbocycles. The number of rotatable bonds is 3. The van der Waals surface area contributed by atoms with Crippen LogP contribution in [0.15, 0.2) is 18.3 Å². The third-order valence-corrected chi connectivity index (χ3v) is 5.28. The molecule has 0 saturated carbocycles. The van der Waals surface area contributed by atoms with E-state index in [0.29, 0.717) is 12.0 Å². The van der Waals surface area contributed by atoms with Crippen molar-refractivity contribution in [1.29, 1.82) is 0 Å². The van der Waals surface area contributed by atoms with Gasteiger partial charge >= 0.3 is 0 Å². The quantitative estimate of drug-likeness (QED) is 0.943. The Hall–Kier alpha value is -1.46. The van der Waals surface area contributed by atoms with Crippen LogP contribution >= 0.6 is 0 Å². The van der Waals surface area contributed by atoms with Crippen LogP contribution in [0.5, 0.6) is 0 Å². The summed E-state index contributed by atoms with van der Waals surface area (Å²) in [6.45, 7) is 7.95. The number of pyridine rings is 1. The molecule has 5 heteroatoms. The highest BCUT2D eigenvalue weighted by Crippen LogP contribution is 2.33. The largest absolute Gasteiger partial charge is 0.315 e. The van der Waals surface area contributed by atoms with Crippen molar-refractivity contribution >= 4 is 11.2 Å². The van der Waals surface area contributed by atoms with Gasteiger partial charge in [-0.05, 0) is 57.6 Å². The Morgan fingerprint density at radius 3 is 2.86 bits per heavy atom. The Bertz CT molecular complexity index is 636. The van der Waals surface area contributed by atoms with Gasteiger partial charge in [-0.2, -0.15) is 0 Å². The number of piperidine rings is 1. The van der Waals surface area contributed by atoms with E-state index in [1.165, 1.54) is 38.2 Å². The number of nitrogens with zero attached hydrogens (tertiary/aromatic N) is 4. The van der Waals surface area contributed by atoms with E-state index in [-0.39, 0.29) is 0 Å². The van der Waals surface area contributed by atoms with Gasteiger partial charge in [0, 0.05) is 18.7 Å². The van der Waals surface area contributed by atoms with Gasteiger partial charge in [-0.1, -0.05) is 6.92 Å². The van der Waals surface area contributed by atoms with Crippen molar-refractivity contribution in [3.63, 3.8) is 0 Å². The monoisotopic (exact) mass is 299 g/mol. The van der Waals surface area contributed by atoms with E-state index in [2.05, 4.69) is 32.8 Å². The number of hydrogen-bond donors (Lipinski definition) is 1. The number of nitrogens with one attached hydrogen (secondary N) is 1. The van der Waals surface area contributed by atoms with Crippen molar-refractivity contribution in [2.24, 2.45) is 0 Å². The lowest BCUT2D eigenvalue weighted by molar-refractivity contribution is 0.216. The van der Waals surface area contributed by atoms with Gasteiger partial charge in [-0.25, -0.2) is 9.97 Å². The Morgan fingerprint density at radius 2 is 2.14 bits per heavy atom. The smallest absolute Gasteiger partial charge is 0.160 e. The molecule has 118 valence electrons. The topological polar surface area (TPSA) is 46.0 Å². The van der Waals surface area contributed by atoms with E-state index in [4.69, 9.17) is 4.98 Å². The van der Waals surface area contributed by atoms with Gasteiger partial charge in [-0.3, -0.25) is 0 Å². The molecule has 1 atom stereocenters. The van der Waals surface area contributed by atoms with Crippen LogP contribution in [0, 0.1) is 0 Å². The van der Waals surface area contributed by atoms with Gasteiger partial charge in [0.15, 0.2) is 5.65 Å². The molecule has 0 bridgehead atoms. The maximum Gasteiger partial charge on any atom is 0.160 e. The number of fused-ring (bicyclic) bond motifs is 1. The summed E-state index contributed by atoms with van der Waals surface area (Å²) in [6, 6.07) is 4.61. The predicted octanol–water partition coefficient (Wildman–Crippen LogP) is 2.17. The maximum absolute atomic E-state index is 4.99. The van der Waals surface area contributed by atoms with Gasteiger partial charge in [0.1, 0.15) is 11.3 Å². The van der Waals surface area contributed by atoms with Crippen LogP contribution in [0.1, 0.15) is 44.0 Å². The summed E-state index contributed by atoms with van der Waals surface area (Å²) in [5.41, 5.74) is 2.13. The molecule has 2 aromatic rings. The molecule has 2 saturated heterocycles. The summed E-state index contributed by atoms with van der Waals surface area (Å²) in [5.74, 6) is 1.86. The minimum absolute atomic E-state index is 0.513. The fourth-order valence-electron chi connectivity index (χ4n) is 3.96. The zero-order valence-corrected chi connectivity index (χ0v) is 13.3. The minimum Gasteiger partial charge on any atom is -0.315 e. The number of hydrogen-bond acceptors (Lipinski definition) is 4. The second-order valence-electron chi connectivity index (χ2n) is 6.54. The first-order valence-corrected chi connectivity index (χ1v) is 8.62. The Labute approximate surface area is 131 Å². The molecule has 1 N–H and O–H groups in total. The third kappa shape index (κ3) is 2.42. The van der Waals surface area contributed by atoms with Crippen LogP contribution in [-0.4, -0.2) is 52.2 Å². The van der Waals surface area contributed by atoms with Crippen molar-refractivity contribution in [2.75, 3.05) is 32.7 Å². The van der Waals surface area contributed by atoms with Gasteiger partial charge in [0.25, 0.3) is 0 Å². The summed E-state index contributed by atoms with van der Waals surface area (Å²) in [7, 11) is 0. The molecule has 2 aromatic heterocycles. The Balaban J connectivity index is 1.71. The van der Waals surface area contributed by atoms with E-state index in [1.54, 1.807) is 0 Å². The van der Waals surface area contributed by atoms with Crippen molar-refractivity contribution in [3.05, 3.63) is 24.2 Å². The van der Waals surface area contributed by atoms with Crippen LogP contribution in [0.3, 0.4) is 0 Å². The third-order valence-electron chi connectivity index (χ3n) is 5.28. The molecular weight excluding hydrogens is 274 g/mol. The van der Waals surface area contributed by atoms with Gasteiger partial charge in [0.2, 0.25) is 0 Å². The van der Waals surface area contributed by atoms with Crippen molar-refractivity contribution in [3.8, 4) is 0 Å². The van der Waals surface area contributed by atoms with E-state index >= 15 is 0 Å². The standard InChI is InChI=1S/C17H25N5/c1-2-21-10-6-13(7-11-21)16-20-15-4-3-8-19-17(15)22(16)14-5-9-18-12-14/h3-4,8,13-14,18H,2,5-7,9-12H2,1H3. The Kier molecular flexibility index (Phi) is 3.84. The van der Waals surface area contributed by atoms with Crippen molar-refractivity contribution < 1.29 is 0 Å². The molecule has 2 aliphatic rings. The predicted molar refractivity (Wildman–Crippen MR) is 88.1 cm³/mol. The van der Waals surface area contributed by atoms with Gasteiger partial charge < -0.3 is 14.8 Å². The van der Waals surface area contributed by atoms with Crippen molar-refractivity contribution in [1.82, 2.24) is 24.8 Å². The average Bonchev–Trinajstić information content (AvgIpc) is 3.21. The average molecular weight is 299 g/mol. The fourth-order valence-corrected chi connectivity index (χ4v) is 3.96. The molecular formula is C17H25N5. The summed E-state index contributed by atoms with van der Waals surface area (Å²) in [4.78, 5) is 12.2. The molecule has 4 heterocycles. The highest BCUT2D eigenvalue weighted by molar-refractivity contribution is 5.71. The van der Waals surface area contributed by atoms with E-state index < -0.39 is 0 Å². The SMILES string of the molecule is CCN1CCC(c2nc3cccnc3n2C2CCNC2)CC1. The summed E-state index contributed by atoms with van der Waals surface area (Å²) in [6.07, 6.45) is 5.52. The van der Waals surface area contributed by atoms with E-state index in [0.717, 1.165) is 30.8 Å². The highest BCUT2D eigenvalue weighted by Gasteiger charge is 2.29. The van der Waals surface area contributed by atoms with Crippen LogP contribution in [-0.2, 0) is 0 Å². The van der Waals surface area contributed by atoms with Crippen molar-refractivity contribution in [2.45, 2.75) is 38.1 Å². The van der Waals surface area contributed by atoms with Gasteiger partial charge in [0.05, 0.1) is 6.04 Å². The molecule has 0 radical (unpaired) electrons. The zero-order chi connectivity index (χ0) is 14.9. The summed E-state index contributed by atoms with van der Waals surface area (Å²) >= 11 is 0. The fraction of sp³-hybridized carbons (Fsp3) is 0.647. The molecule has 4 rings (SSSR count). The second kappa shape index (κ2) is 5.97. The second-order valence-corrected chi connectivity index (χ2v) is 6.54. The molecule has 2 fully saturated rings. The lowest BCUT2D eigenvalue weighted by atomic mass is 9.95. The van der Waals surface area contributed by atoms with Crippen LogP contribution < -0.4 is 5.32 Å². The molecule has 2 aliphatic heterocycles. The molecule has 5 nitrogen and oxygen atoms in total. The number of aromatic nitrogens is 3. The lowest BCUT2D eigenvalue weighted by Crippen LogP contribution is -2.33. The molecule has 0 amide bonds. The van der Waals surface area contributed by atoms with Crippen LogP contribution in [0.2, 0.25) is 0 Å². The molecule has 22 heavy (non-hydrogen) atoms. The van der Waals surface area contributed by atoms with Crippen LogP contribution in [0.4, 0.5) is 0 Å². The maximum atomic E-state index is 4.99. The first-order valence-electron chi connectivity index (χ1n) is 8.62. The molecule has 0 spiro atoms. The minimum atomic E-state index is 0.513. The zero-order valence-electron chi connectivity index (χ0n) is 13.3. The normalized spacial score (nSPS) is 24.3. The van der Waals surface area contributed by atoms with Gasteiger partial charge in [-0.15, -0.1) is 0 Å². The molecule has 0 aliphatic carbocycles. The molecule has 1 unspecified atom stereocenters.